The molecule has 0 aliphatic carbocycles. The summed E-state index contributed by atoms with van der Waals surface area (Å²) in [7, 11) is 1.30. The molecule has 4 N–H and O–H groups in total. The number of ether oxygens (including phenoxy) is 1. The third kappa shape index (κ3) is 4.47. The number of hydrogen-bond acceptors (Lipinski definition) is 6. The molecule has 17 heavy (non-hydrogen) atoms. The molecular weight excluding hydrogens is 224 g/mol. The number of nitrogens with two attached hydrogens (primary N) is 1. The highest BCUT2D eigenvalue weighted by atomic mass is 16.5. The van der Waals surface area contributed by atoms with Crippen molar-refractivity contribution in [3.63, 3.8) is 0 Å². The van der Waals surface area contributed by atoms with Crippen LogP contribution in [0.15, 0.2) is 29.0 Å². The van der Waals surface area contributed by atoms with Gasteiger partial charge in [-0.2, -0.15) is 0 Å². The number of esters is 1. The van der Waals surface area contributed by atoms with Crippen LogP contribution < -0.4 is 16.4 Å². The van der Waals surface area contributed by atoms with Crippen molar-refractivity contribution in [3.05, 3.63) is 24.0 Å². The molecule has 0 fully saturated rings. The van der Waals surface area contributed by atoms with E-state index in [4.69, 9.17) is 5.73 Å². The molecule has 92 valence electrons. The Labute approximate surface area is 98.4 Å². The van der Waals surface area contributed by atoms with E-state index in [9.17, 15) is 9.59 Å². The fraction of sp³-hybridized carbons (Fsp3) is 0.300. The first-order valence-electron chi connectivity index (χ1n) is 4.90. The smallest absolute Gasteiger partial charge is 0.330 e. The van der Waals surface area contributed by atoms with Gasteiger partial charge in [-0.15, -0.1) is 0 Å². The molecule has 0 aromatic rings. The molecule has 1 rings (SSSR count). The van der Waals surface area contributed by atoms with E-state index >= 15 is 0 Å². The third-order valence-corrected chi connectivity index (χ3v) is 1.90. The zero-order valence-corrected chi connectivity index (χ0v) is 9.34. The average Bonchev–Trinajstić information content (AvgIpc) is 2.37. The fourth-order valence-electron chi connectivity index (χ4n) is 1.08. The second-order valence-corrected chi connectivity index (χ2v) is 3.16. The minimum atomic E-state index is -0.861. The predicted octanol–water partition coefficient (Wildman–Crippen LogP) is -1.37. The zero-order chi connectivity index (χ0) is 12.7. The Bertz CT molecular complexity index is 387. The molecule has 0 aromatic carbocycles. The van der Waals surface area contributed by atoms with E-state index in [-0.39, 0.29) is 0 Å². The van der Waals surface area contributed by atoms with Crippen molar-refractivity contribution >= 4 is 18.1 Å². The van der Waals surface area contributed by atoms with E-state index in [1.54, 1.807) is 12.3 Å². The first kappa shape index (κ1) is 12.9. The van der Waals surface area contributed by atoms with Crippen molar-refractivity contribution < 1.29 is 14.3 Å². The number of carbonyl (C=O) groups excluding carboxylic acids is 2. The Morgan fingerprint density at radius 1 is 1.71 bits per heavy atom. The van der Waals surface area contributed by atoms with E-state index in [0.29, 0.717) is 24.4 Å². The van der Waals surface area contributed by atoms with E-state index in [2.05, 4.69) is 20.4 Å². The number of nitrogens with zero attached hydrogens (tertiary/aromatic N) is 1. The maximum atomic E-state index is 10.8. The molecule has 0 bridgehead atoms. The van der Waals surface area contributed by atoms with Gasteiger partial charge in [-0.3, -0.25) is 4.79 Å². The normalized spacial score (nSPS) is 19.2. The van der Waals surface area contributed by atoms with Gasteiger partial charge in [0.15, 0.2) is 12.5 Å². The second-order valence-electron chi connectivity index (χ2n) is 3.16. The van der Waals surface area contributed by atoms with Crippen LogP contribution in [0, 0.1) is 0 Å². The van der Waals surface area contributed by atoms with Gasteiger partial charge in [0, 0.05) is 12.3 Å². The summed E-state index contributed by atoms with van der Waals surface area (Å²) < 4.78 is 4.45. The number of nitrogens with one attached hydrogen (secondary N) is 2. The van der Waals surface area contributed by atoms with Gasteiger partial charge in [0.1, 0.15) is 5.84 Å². The summed E-state index contributed by atoms with van der Waals surface area (Å²) in [5, 5.41) is 5.84. The lowest BCUT2D eigenvalue weighted by atomic mass is 10.3. The van der Waals surface area contributed by atoms with Crippen molar-refractivity contribution in [2.75, 3.05) is 13.7 Å². The first-order chi connectivity index (χ1) is 8.15. The highest BCUT2D eigenvalue weighted by Gasteiger charge is 2.07. The van der Waals surface area contributed by atoms with E-state index in [1.807, 2.05) is 0 Å². The monoisotopic (exact) mass is 238 g/mol. The molecule has 1 aliphatic rings. The molecule has 7 nitrogen and oxygen atoms in total. The van der Waals surface area contributed by atoms with E-state index < -0.39 is 12.1 Å². The van der Waals surface area contributed by atoms with Crippen molar-refractivity contribution in [3.8, 4) is 0 Å². The van der Waals surface area contributed by atoms with Gasteiger partial charge >= 0.3 is 5.97 Å². The van der Waals surface area contributed by atoms with Crippen molar-refractivity contribution in [2.45, 2.75) is 6.17 Å². The molecule has 1 unspecified atom stereocenters. The Morgan fingerprint density at radius 3 is 3.00 bits per heavy atom. The van der Waals surface area contributed by atoms with Gasteiger partial charge in [-0.25, -0.2) is 9.79 Å². The van der Waals surface area contributed by atoms with Crippen LogP contribution in [-0.4, -0.2) is 37.9 Å². The lowest BCUT2D eigenvalue weighted by molar-refractivity contribution is -0.134. The lowest BCUT2D eigenvalue weighted by Crippen LogP contribution is -2.38. The van der Waals surface area contributed by atoms with Gasteiger partial charge in [-0.05, 0) is 6.08 Å². The highest BCUT2D eigenvalue weighted by molar-refractivity contribution is 5.88. The van der Waals surface area contributed by atoms with Crippen LogP contribution in [0.3, 0.4) is 0 Å². The Hall–Kier alpha value is -2.15. The molecule has 7 heteroatoms. The number of amidine groups is 1. The van der Waals surface area contributed by atoms with Gasteiger partial charge in [0.25, 0.3) is 0 Å². The summed E-state index contributed by atoms with van der Waals surface area (Å²) in [6.07, 6.45) is 4.15. The number of allylic oxidation sites excluding steroid dienone is 1. The standard InChI is InChI=1S/C10H14N4O3/c1-17-10(16)3-2-7-4-13-9(5-12-7)14-8(11)6-15/h2-4,6,8,12H,5,11H2,1H3,(H,13,14)/b3-2+. The minimum absolute atomic E-state index is 0.402. The number of carbonyl (C=O) groups is 2. The van der Waals surface area contributed by atoms with E-state index in [1.165, 1.54) is 13.2 Å². The maximum absolute atomic E-state index is 10.8. The Balaban J connectivity index is 2.55. The van der Waals surface area contributed by atoms with Crippen molar-refractivity contribution in [1.82, 2.24) is 10.6 Å². The summed E-state index contributed by atoms with van der Waals surface area (Å²) >= 11 is 0. The van der Waals surface area contributed by atoms with Gasteiger partial charge < -0.3 is 21.1 Å². The van der Waals surface area contributed by atoms with E-state index in [0.717, 1.165) is 0 Å². The highest BCUT2D eigenvalue weighted by Crippen LogP contribution is 1.96. The molecule has 1 atom stereocenters. The van der Waals surface area contributed by atoms with Crippen LogP contribution in [0.1, 0.15) is 0 Å². The summed E-state index contributed by atoms with van der Waals surface area (Å²) in [5.41, 5.74) is 6.04. The molecule has 0 aromatic heterocycles. The molecule has 0 saturated carbocycles. The van der Waals surface area contributed by atoms with Crippen molar-refractivity contribution in [1.29, 1.82) is 0 Å². The molecular formula is C10H14N4O3. The predicted molar refractivity (Wildman–Crippen MR) is 61.9 cm³/mol. The van der Waals surface area contributed by atoms with Crippen LogP contribution in [0.5, 0.6) is 0 Å². The largest absolute Gasteiger partial charge is 0.466 e. The SMILES string of the molecule is COC(=O)/C=C/C1=CN/C(=N/C(N)C=O)CN1. The average molecular weight is 238 g/mol. The summed E-state index contributed by atoms with van der Waals surface area (Å²) in [5.74, 6) is 0.120. The van der Waals surface area contributed by atoms with Crippen LogP contribution in [0.25, 0.3) is 0 Å². The minimum Gasteiger partial charge on any atom is -0.466 e. The maximum Gasteiger partial charge on any atom is 0.330 e. The van der Waals surface area contributed by atoms with Crippen LogP contribution in [0.4, 0.5) is 0 Å². The molecule has 0 radical (unpaired) electrons. The summed E-state index contributed by atoms with van der Waals surface area (Å²) in [6, 6.07) is 0. The molecule has 0 spiro atoms. The molecule has 1 heterocycles. The molecule has 0 amide bonds. The van der Waals surface area contributed by atoms with Gasteiger partial charge in [0.2, 0.25) is 0 Å². The molecule has 1 aliphatic heterocycles. The van der Waals surface area contributed by atoms with Crippen molar-refractivity contribution in [2.24, 2.45) is 10.7 Å². The van der Waals surface area contributed by atoms with Crippen LogP contribution in [0.2, 0.25) is 0 Å². The number of aliphatic imine (C=N–C) groups is 1. The number of hydrogen-bond donors (Lipinski definition) is 3. The number of methoxy groups -OCH3 is 1. The number of aldehydes is 1. The summed E-state index contributed by atoms with van der Waals surface area (Å²) in [6.45, 7) is 0.402. The molecule has 0 saturated heterocycles. The number of rotatable bonds is 4. The van der Waals surface area contributed by atoms with Gasteiger partial charge in [-0.1, -0.05) is 0 Å². The topological polar surface area (TPSA) is 106 Å². The quantitative estimate of drug-likeness (QED) is 0.317. The fourth-order valence-corrected chi connectivity index (χ4v) is 1.08. The van der Waals surface area contributed by atoms with Crippen LogP contribution in [-0.2, 0) is 14.3 Å². The second kappa shape index (κ2) is 6.44. The summed E-state index contributed by atoms with van der Waals surface area (Å²) in [4.78, 5) is 25.0. The van der Waals surface area contributed by atoms with Gasteiger partial charge in [0.05, 0.1) is 19.4 Å². The Morgan fingerprint density at radius 2 is 2.47 bits per heavy atom. The Kier molecular flexibility index (Phi) is 4.89. The first-order valence-corrected chi connectivity index (χ1v) is 4.90. The third-order valence-electron chi connectivity index (χ3n) is 1.90. The van der Waals surface area contributed by atoms with Crippen LogP contribution >= 0.6 is 0 Å². The zero-order valence-electron chi connectivity index (χ0n) is 9.34. The lowest BCUT2D eigenvalue weighted by Gasteiger charge is -2.17.